The first-order chi connectivity index (χ1) is 9.76. The molecule has 7 heteroatoms. The van der Waals surface area contributed by atoms with Crippen molar-refractivity contribution in [1.29, 1.82) is 0 Å². The van der Waals surface area contributed by atoms with Crippen LogP contribution in [0.25, 0.3) is 0 Å². The molecule has 0 radical (unpaired) electrons. The van der Waals surface area contributed by atoms with E-state index >= 15 is 0 Å². The average molecular weight is 330 g/mol. The molecule has 1 aliphatic heterocycles. The second-order valence-corrected chi connectivity index (χ2v) is 9.39. The van der Waals surface area contributed by atoms with Crippen molar-refractivity contribution < 1.29 is 13.2 Å². The fourth-order valence-electron chi connectivity index (χ4n) is 2.80. The zero-order valence-corrected chi connectivity index (χ0v) is 14.3. The fraction of sp³-hybridized carbons (Fsp3) is 0.643. The summed E-state index contributed by atoms with van der Waals surface area (Å²) in [6.07, 6.45) is 1.87. The van der Waals surface area contributed by atoms with E-state index in [9.17, 15) is 13.2 Å². The normalized spacial score (nSPS) is 18.4. The molecule has 0 atom stereocenters. The molecular formula is C14H22N2O3S2. The molecule has 1 fully saturated rings. The molecule has 5 nitrogen and oxygen atoms in total. The summed E-state index contributed by atoms with van der Waals surface area (Å²) in [7, 11) is -1.76. The average Bonchev–Trinajstić information content (AvgIpc) is 2.82. The largest absolute Gasteiger partial charge is 0.339 e. The third kappa shape index (κ3) is 3.30. The predicted molar refractivity (Wildman–Crippen MR) is 85.2 cm³/mol. The Morgan fingerprint density at radius 1 is 1.38 bits per heavy atom. The van der Waals surface area contributed by atoms with Gasteiger partial charge in [0, 0.05) is 23.1 Å². The zero-order chi connectivity index (χ0) is 15.7. The minimum absolute atomic E-state index is 0.280. The van der Waals surface area contributed by atoms with Gasteiger partial charge in [-0.3, -0.25) is 4.79 Å². The van der Waals surface area contributed by atoms with E-state index in [1.165, 1.54) is 11.1 Å². The molecule has 1 aromatic heterocycles. The number of amides is 1. The molecule has 1 aromatic rings. The molecule has 0 aromatic carbocycles. The number of sulfone groups is 1. The van der Waals surface area contributed by atoms with Crippen molar-refractivity contribution in [2.75, 3.05) is 26.4 Å². The van der Waals surface area contributed by atoms with E-state index in [1.807, 2.05) is 19.1 Å². The van der Waals surface area contributed by atoms with Gasteiger partial charge in [-0.15, -0.1) is 11.3 Å². The Morgan fingerprint density at radius 2 is 2.00 bits per heavy atom. The van der Waals surface area contributed by atoms with E-state index in [-0.39, 0.29) is 5.91 Å². The van der Waals surface area contributed by atoms with Crippen LogP contribution in [0.3, 0.4) is 0 Å². The zero-order valence-electron chi connectivity index (χ0n) is 12.7. The van der Waals surface area contributed by atoms with E-state index in [4.69, 9.17) is 0 Å². The number of rotatable bonds is 4. The number of nitrogens with one attached hydrogen (secondary N) is 1. The second-order valence-electron chi connectivity index (χ2n) is 5.69. The van der Waals surface area contributed by atoms with E-state index < -0.39 is 14.6 Å². The maximum absolute atomic E-state index is 12.8. The third-order valence-electron chi connectivity index (χ3n) is 4.05. The first-order valence-corrected chi connectivity index (χ1v) is 9.68. The molecule has 2 rings (SSSR count). The molecule has 0 saturated carbocycles. The van der Waals surface area contributed by atoms with E-state index in [0.717, 1.165) is 4.88 Å². The smallest absolute Gasteiger partial charge is 0.244 e. The minimum Gasteiger partial charge on any atom is -0.339 e. The van der Waals surface area contributed by atoms with Crippen LogP contribution < -0.4 is 5.32 Å². The molecule has 0 spiro atoms. The maximum atomic E-state index is 12.8. The van der Waals surface area contributed by atoms with E-state index in [0.29, 0.717) is 32.5 Å². The fourth-order valence-corrected chi connectivity index (χ4v) is 5.16. The van der Waals surface area contributed by atoms with Crippen LogP contribution in [0.2, 0.25) is 0 Å². The summed E-state index contributed by atoms with van der Waals surface area (Å²) in [5.74, 6) is -0.280. The topological polar surface area (TPSA) is 66.5 Å². The van der Waals surface area contributed by atoms with Gasteiger partial charge in [-0.1, -0.05) is 0 Å². The van der Waals surface area contributed by atoms with Gasteiger partial charge in [0.25, 0.3) is 0 Å². The Balaban J connectivity index is 2.22. The molecule has 2 heterocycles. The molecule has 1 N–H and O–H groups in total. The predicted octanol–water partition coefficient (Wildman–Crippen LogP) is 1.18. The molecule has 0 unspecified atom stereocenters. The number of aryl methyl sites for hydroxylation is 1. The SMILES string of the molecule is Cc1ccc(CN(C)C(=O)C2(S(C)(=O)=O)CCNCC2)s1. The maximum Gasteiger partial charge on any atom is 0.244 e. The van der Waals surface area contributed by atoms with Crippen molar-refractivity contribution >= 4 is 27.1 Å². The summed E-state index contributed by atoms with van der Waals surface area (Å²) < 4.78 is 23.2. The lowest BCUT2D eigenvalue weighted by Gasteiger charge is -2.37. The molecular weight excluding hydrogens is 308 g/mol. The lowest BCUT2D eigenvalue weighted by atomic mass is 9.95. The van der Waals surface area contributed by atoms with Crippen molar-refractivity contribution in [2.24, 2.45) is 0 Å². The van der Waals surface area contributed by atoms with Crippen LogP contribution in [0.5, 0.6) is 0 Å². The van der Waals surface area contributed by atoms with Gasteiger partial charge in [0.05, 0.1) is 6.54 Å². The number of hydrogen-bond donors (Lipinski definition) is 1. The van der Waals surface area contributed by atoms with Crippen LogP contribution in [0, 0.1) is 6.92 Å². The standard InChI is InChI=1S/C14H22N2O3S2/c1-11-4-5-12(20-11)10-16(2)13(17)14(21(3,18)19)6-8-15-9-7-14/h4-5,15H,6-10H2,1-3H3. The number of nitrogens with zero attached hydrogens (tertiary/aromatic N) is 1. The number of hydrogen-bond acceptors (Lipinski definition) is 5. The first-order valence-electron chi connectivity index (χ1n) is 6.97. The lowest BCUT2D eigenvalue weighted by Crippen LogP contribution is -2.57. The Labute approximate surface area is 130 Å². The second kappa shape index (κ2) is 6.06. The van der Waals surface area contributed by atoms with Crippen molar-refractivity contribution in [3.8, 4) is 0 Å². The summed E-state index contributed by atoms with van der Waals surface area (Å²) in [6.45, 7) is 3.60. The Kier molecular flexibility index (Phi) is 4.75. The van der Waals surface area contributed by atoms with Crippen LogP contribution in [0.4, 0.5) is 0 Å². The molecule has 21 heavy (non-hydrogen) atoms. The molecule has 118 valence electrons. The lowest BCUT2D eigenvalue weighted by molar-refractivity contribution is -0.133. The van der Waals surface area contributed by atoms with Crippen LogP contribution in [0.1, 0.15) is 22.6 Å². The summed E-state index contributed by atoms with van der Waals surface area (Å²) in [6, 6.07) is 3.99. The molecule has 0 bridgehead atoms. The number of thiophene rings is 1. The highest BCUT2D eigenvalue weighted by Gasteiger charge is 2.49. The molecule has 1 amide bonds. The quantitative estimate of drug-likeness (QED) is 0.900. The van der Waals surface area contributed by atoms with Crippen LogP contribution in [0.15, 0.2) is 12.1 Å². The Hall–Kier alpha value is -0.920. The number of carbonyl (C=O) groups is 1. The van der Waals surface area contributed by atoms with Crippen molar-refractivity contribution in [3.05, 3.63) is 21.9 Å². The molecule has 1 aliphatic rings. The van der Waals surface area contributed by atoms with Gasteiger partial charge in [0.15, 0.2) is 14.6 Å². The highest BCUT2D eigenvalue weighted by Crippen LogP contribution is 2.30. The molecule has 0 aliphatic carbocycles. The van der Waals surface area contributed by atoms with Gasteiger partial charge in [-0.2, -0.15) is 0 Å². The van der Waals surface area contributed by atoms with Crippen LogP contribution >= 0.6 is 11.3 Å². The van der Waals surface area contributed by atoms with Gasteiger partial charge in [-0.05, 0) is 45.0 Å². The Bertz CT molecular complexity index is 616. The minimum atomic E-state index is -3.45. The first kappa shape index (κ1) is 16.5. The van der Waals surface area contributed by atoms with Crippen molar-refractivity contribution in [3.63, 3.8) is 0 Å². The van der Waals surface area contributed by atoms with Crippen LogP contribution in [-0.4, -0.2) is 50.4 Å². The van der Waals surface area contributed by atoms with Crippen molar-refractivity contribution in [2.45, 2.75) is 31.1 Å². The molecule has 1 saturated heterocycles. The third-order valence-corrected chi connectivity index (χ3v) is 7.03. The van der Waals surface area contributed by atoms with Crippen molar-refractivity contribution in [1.82, 2.24) is 10.2 Å². The summed E-state index contributed by atoms with van der Waals surface area (Å²) in [4.78, 5) is 16.6. The monoisotopic (exact) mass is 330 g/mol. The highest BCUT2D eigenvalue weighted by atomic mass is 32.2. The van der Waals surface area contributed by atoms with E-state index in [2.05, 4.69) is 5.32 Å². The highest BCUT2D eigenvalue weighted by molar-refractivity contribution is 7.92. The van der Waals surface area contributed by atoms with Gasteiger partial charge in [-0.25, -0.2) is 8.42 Å². The summed E-state index contributed by atoms with van der Waals surface area (Å²) in [5, 5.41) is 3.13. The van der Waals surface area contributed by atoms with Gasteiger partial charge in [0.1, 0.15) is 0 Å². The van der Waals surface area contributed by atoms with Gasteiger partial charge in [0.2, 0.25) is 5.91 Å². The van der Waals surface area contributed by atoms with Crippen LogP contribution in [-0.2, 0) is 21.2 Å². The van der Waals surface area contributed by atoms with Gasteiger partial charge < -0.3 is 10.2 Å². The Morgan fingerprint density at radius 3 is 2.48 bits per heavy atom. The van der Waals surface area contributed by atoms with Gasteiger partial charge >= 0.3 is 0 Å². The van der Waals surface area contributed by atoms with E-state index in [1.54, 1.807) is 23.3 Å². The summed E-state index contributed by atoms with van der Waals surface area (Å²) in [5.41, 5.74) is 0. The number of piperidine rings is 1. The number of carbonyl (C=O) groups excluding carboxylic acids is 1. The summed E-state index contributed by atoms with van der Waals surface area (Å²) >= 11 is 1.63.